The minimum absolute atomic E-state index is 0.265. The molecule has 1 fully saturated rings. The van der Waals surface area contributed by atoms with E-state index in [2.05, 4.69) is 33.8 Å². The largest absolute Gasteiger partial charge is 0.495 e. The summed E-state index contributed by atoms with van der Waals surface area (Å²) in [6.07, 6.45) is 8.94. The zero-order valence-corrected chi connectivity index (χ0v) is 21.6. The van der Waals surface area contributed by atoms with E-state index in [1.54, 1.807) is 49.1 Å². The maximum atomic E-state index is 12.9. The third kappa shape index (κ3) is 9.95. The SMILES string of the molecule is C=C1OCCCCCOC(C(=O)Nc2ccncc2)C(=C)OCCCCCOC1C(=O)Nc1ccncc1. The predicted molar refractivity (Wildman–Crippen MR) is 143 cm³/mol. The number of aromatic nitrogens is 2. The van der Waals surface area contributed by atoms with Crippen LogP contribution in [0.5, 0.6) is 0 Å². The van der Waals surface area contributed by atoms with Gasteiger partial charge >= 0.3 is 0 Å². The van der Waals surface area contributed by atoms with Gasteiger partial charge in [0, 0.05) is 49.4 Å². The second-order valence-electron chi connectivity index (χ2n) is 8.70. The summed E-state index contributed by atoms with van der Waals surface area (Å²) >= 11 is 0. The van der Waals surface area contributed by atoms with Crippen LogP contribution in [0.4, 0.5) is 11.4 Å². The number of nitrogens with zero attached hydrogens (tertiary/aromatic N) is 2. The van der Waals surface area contributed by atoms with E-state index in [1.165, 1.54) is 0 Å². The first-order valence-corrected chi connectivity index (χ1v) is 12.8. The minimum atomic E-state index is -0.930. The monoisotopic (exact) mass is 524 g/mol. The van der Waals surface area contributed by atoms with Gasteiger partial charge in [0.1, 0.15) is 11.5 Å². The number of ether oxygens (including phenoxy) is 4. The van der Waals surface area contributed by atoms with Crippen molar-refractivity contribution < 1.29 is 28.5 Å². The standard InChI is InChI=1S/C28H36N4O6/c1-21-25(27(33)31-23-9-13-29-14-10-23)37-19-7-4-6-18-36-22(2)26(38-20-8-3-5-17-35-21)28(34)32-24-11-15-30-16-12-24/h9-16,25-26H,1-8,17-20H2,(H,29,31,33)(H,30,32,34). The van der Waals surface area contributed by atoms with Crippen LogP contribution < -0.4 is 10.6 Å². The molecule has 2 N–H and O–H groups in total. The van der Waals surface area contributed by atoms with Crippen LogP contribution in [0.25, 0.3) is 0 Å². The molecule has 10 nitrogen and oxygen atoms in total. The third-order valence-electron chi connectivity index (χ3n) is 5.68. The maximum absolute atomic E-state index is 12.9. The lowest BCUT2D eigenvalue weighted by Gasteiger charge is -2.22. The summed E-state index contributed by atoms with van der Waals surface area (Å²) in [6, 6.07) is 6.80. The van der Waals surface area contributed by atoms with Gasteiger partial charge in [0.15, 0.2) is 12.2 Å². The van der Waals surface area contributed by atoms with E-state index in [4.69, 9.17) is 18.9 Å². The summed E-state index contributed by atoms with van der Waals surface area (Å²) in [4.78, 5) is 33.6. The second-order valence-corrected chi connectivity index (χ2v) is 8.70. The molecule has 10 heteroatoms. The predicted octanol–water partition coefficient (Wildman–Crippen LogP) is 4.24. The Morgan fingerprint density at radius 3 is 1.39 bits per heavy atom. The highest BCUT2D eigenvalue weighted by molar-refractivity contribution is 5.96. The molecule has 204 valence electrons. The van der Waals surface area contributed by atoms with Gasteiger partial charge in [0.25, 0.3) is 11.8 Å². The van der Waals surface area contributed by atoms with Crippen molar-refractivity contribution in [3.63, 3.8) is 0 Å². The van der Waals surface area contributed by atoms with Crippen molar-refractivity contribution in [2.75, 3.05) is 37.1 Å². The van der Waals surface area contributed by atoms with Gasteiger partial charge < -0.3 is 29.6 Å². The second kappa shape index (κ2) is 16.2. The van der Waals surface area contributed by atoms with E-state index in [9.17, 15) is 9.59 Å². The number of carbonyl (C=O) groups is 2. The molecule has 2 amide bonds. The van der Waals surface area contributed by atoms with Crippen LogP contribution >= 0.6 is 0 Å². The summed E-state index contributed by atoms with van der Waals surface area (Å²) in [7, 11) is 0. The number of hydrogen-bond donors (Lipinski definition) is 2. The zero-order chi connectivity index (χ0) is 27.0. The molecule has 0 radical (unpaired) electrons. The van der Waals surface area contributed by atoms with Gasteiger partial charge in [-0.15, -0.1) is 0 Å². The number of carbonyl (C=O) groups excluding carboxylic acids is 2. The normalized spacial score (nSPS) is 20.6. The van der Waals surface area contributed by atoms with Crippen LogP contribution in [0, 0.1) is 0 Å². The quantitative estimate of drug-likeness (QED) is 0.609. The number of nitrogens with one attached hydrogen (secondary N) is 2. The number of pyridine rings is 2. The Morgan fingerprint density at radius 1 is 0.632 bits per heavy atom. The van der Waals surface area contributed by atoms with Gasteiger partial charge in [-0.25, -0.2) is 0 Å². The lowest BCUT2D eigenvalue weighted by Crippen LogP contribution is -2.33. The van der Waals surface area contributed by atoms with E-state index in [0.717, 1.165) is 12.8 Å². The number of hydrogen-bond acceptors (Lipinski definition) is 8. The molecule has 1 aliphatic heterocycles. The van der Waals surface area contributed by atoms with Crippen LogP contribution in [-0.4, -0.2) is 60.4 Å². The highest BCUT2D eigenvalue weighted by atomic mass is 16.5. The number of amides is 2. The Hall–Kier alpha value is -3.76. The molecule has 3 rings (SSSR count). The molecule has 0 aromatic carbocycles. The summed E-state index contributed by atoms with van der Waals surface area (Å²) in [5.74, 6) is -0.165. The molecule has 2 atom stereocenters. The van der Waals surface area contributed by atoms with Crippen molar-refractivity contribution in [3.8, 4) is 0 Å². The lowest BCUT2D eigenvalue weighted by molar-refractivity contribution is -0.128. The molecule has 2 aromatic heterocycles. The molecule has 1 aliphatic rings. The van der Waals surface area contributed by atoms with Crippen LogP contribution in [0.1, 0.15) is 38.5 Å². The average Bonchev–Trinajstić information content (AvgIpc) is 2.92. The van der Waals surface area contributed by atoms with Gasteiger partial charge in [-0.3, -0.25) is 19.6 Å². The van der Waals surface area contributed by atoms with E-state index in [-0.39, 0.29) is 23.3 Å². The smallest absolute Gasteiger partial charge is 0.261 e. The molecule has 2 aromatic rings. The topological polar surface area (TPSA) is 121 Å². The Kier molecular flexibility index (Phi) is 12.2. The highest BCUT2D eigenvalue weighted by Gasteiger charge is 2.26. The van der Waals surface area contributed by atoms with Crippen molar-refractivity contribution in [1.29, 1.82) is 0 Å². The van der Waals surface area contributed by atoms with E-state index in [0.29, 0.717) is 63.5 Å². The molecular weight excluding hydrogens is 488 g/mol. The summed E-state index contributed by atoms with van der Waals surface area (Å²) in [6.45, 7) is 9.32. The van der Waals surface area contributed by atoms with Gasteiger partial charge in [-0.1, -0.05) is 13.2 Å². The molecule has 38 heavy (non-hydrogen) atoms. The molecule has 0 bridgehead atoms. The minimum Gasteiger partial charge on any atom is -0.495 e. The molecular formula is C28H36N4O6. The summed E-state index contributed by atoms with van der Waals surface area (Å²) in [5.41, 5.74) is 1.23. The fraction of sp³-hybridized carbons (Fsp3) is 0.429. The van der Waals surface area contributed by atoms with Gasteiger partial charge in [0.05, 0.1) is 13.2 Å². The Labute approximate surface area is 223 Å². The van der Waals surface area contributed by atoms with Crippen molar-refractivity contribution in [3.05, 3.63) is 73.7 Å². The molecule has 0 aliphatic carbocycles. The molecule has 0 saturated carbocycles. The highest BCUT2D eigenvalue weighted by Crippen LogP contribution is 2.16. The molecule has 3 heterocycles. The van der Waals surface area contributed by atoms with E-state index in [1.807, 2.05) is 0 Å². The number of anilines is 2. The van der Waals surface area contributed by atoms with Gasteiger partial charge in [0.2, 0.25) is 0 Å². The van der Waals surface area contributed by atoms with Gasteiger partial charge in [-0.2, -0.15) is 0 Å². The van der Waals surface area contributed by atoms with Crippen LogP contribution in [-0.2, 0) is 28.5 Å². The fourth-order valence-electron chi connectivity index (χ4n) is 3.64. The van der Waals surface area contributed by atoms with Crippen molar-refractivity contribution in [1.82, 2.24) is 9.97 Å². The first-order valence-electron chi connectivity index (χ1n) is 12.8. The van der Waals surface area contributed by atoms with E-state index >= 15 is 0 Å². The Bertz CT molecular complexity index is 951. The first-order chi connectivity index (χ1) is 18.5. The van der Waals surface area contributed by atoms with Crippen LogP contribution in [0.3, 0.4) is 0 Å². The Morgan fingerprint density at radius 2 is 1.00 bits per heavy atom. The molecule has 0 spiro atoms. The summed E-state index contributed by atoms with van der Waals surface area (Å²) in [5, 5.41) is 5.63. The fourth-order valence-corrected chi connectivity index (χ4v) is 3.64. The van der Waals surface area contributed by atoms with E-state index < -0.39 is 12.2 Å². The lowest BCUT2D eigenvalue weighted by atomic mass is 10.2. The summed E-state index contributed by atoms with van der Waals surface area (Å²) < 4.78 is 23.3. The van der Waals surface area contributed by atoms with Crippen LogP contribution in [0.15, 0.2) is 73.7 Å². The molecule has 2 unspecified atom stereocenters. The van der Waals surface area contributed by atoms with Crippen molar-refractivity contribution >= 4 is 23.2 Å². The molecule has 1 saturated heterocycles. The zero-order valence-electron chi connectivity index (χ0n) is 21.6. The number of rotatable bonds is 4. The first kappa shape index (κ1) is 28.8. The van der Waals surface area contributed by atoms with Crippen molar-refractivity contribution in [2.24, 2.45) is 0 Å². The van der Waals surface area contributed by atoms with Crippen molar-refractivity contribution in [2.45, 2.75) is 50.7 Å². The average molecular weight is 525 g/mol. The third-order valence-corrected chi connectivity index (χ3v) is 5.68. The van der Waals surface area contributed by atoms with Gasteiger partial charge in [-0.05, 0) is 62.8 Å². The maximum Gasteiger partial charge on any atom is 0.261 e. The Balaban J connectivity index is 1.54. The van der Waals surface area contributed by atoms with Crippen LogP contribution in [0.2, 0.25) is 0 Å².